The summed E-state index contributed by atoms with van der Waals surface area (Å²) in [4.78, 5) is 24.5. The summed E-state index contributed by atoms with van der Waals surface area (Å²) < 4.78 is 0. The third-order valence-corrected chi connectivity index (χ3v) is 3.88. The van der Waals surface area contributed by atoms with Crippen molar-refractivity contribution in [3.63, 3.8) is 0 Å². The van der Waals surface area contributed by atoms with E-state index in [9.17, 15) is 9.59 Å². The molecule has 3 atom stereocenters. The zero-order chi connectivity index (χ0) is 11.0. The molecule has 0 aromatic carbocycles. The second-order valence-corrected chi connectivity index (χ2v) is 4.55. The van der Waals surface area contributed by atoms with Crippen molar-refractivity contribution >= 4 is 11.8 Å². The molecular weight excluding hydrogens is 190 g/mol. The largest absolute Gasteiger partial charge is 0.272 e. The van der Waals surface area contributed by atoms with Gasteiger partial charge in [0.2, 0.25) is 0 Å². The Morgan fingerprint density at radius 3 is 2.33 bits per heavy atom. The van der Waals surface area contributed by atoms with E-state index >= 15 is 0 Å². The number of carbonyl (C=O) groups excluding carboxylic acids is 2. The Hall–Kier alpha value is -1.12. The van der Waals surface area contributed by atoms with Crippen molar-refractivity contribution in [3.8, 4) is 0 Å². The average Bonchev–Trinajstić information content (AvgIpc) is 2.71. The fourth-order valence-corrected chi connectivity index (χ4v) is 2.90. The summed E-state index contributed by atoms with van der Waals surface area (Å²) in [6.45, 7) is 4.33. The first-order valence-electron chi connectivity index (χ1n) is 5.70. The molecule has 0 spiro atoms. The maximum atomic E-state index is 11.5. The van der Waals surface area contributed by atoms with Crippen molar-refractivity contribution in [2.24, 2.45) is 11.8 Å². The van der Waals surface area contributed by atoms with Gasteiger partial charge >= 0.3 is 0 Å². The highest BCUT2D eigenvalue weighted by atomic mass is 16.2. The molecule has 0 aromatic rings. The van der Waals surface area contributed by atoms with Crippen molar-refractivity contribution in [2.45, 2.75) is 39.2 Å². The molecule has 1 aliphatic heterocycles. The van der Waals surface area contributed by atoms with Crippen molar-refractivity contribution in [3.05, 3.63) is 12.2 Å². The lowest BCUT2D eigenvalue weighted by molar-refractivity contribution is -0.140. The highest BCUT2D eigenvalue weighted by Gasteiger charge is 2.40. The lowest BCUT2D eigenvalue weighted by Gasteiger charge is -2.27. The monoisotopic (exact) mass is 207 g/mol. The molecule has 3 heteroatoms. The SMILES string of the molecule is CCC1CCC(N2C(=O)C=CC2=O)C1C. The Balaban J connectivity index is 2.13. The summed E-state index contributed by atoms with van der Waals surface area (Å²) >= 11 is 0. The smallest absolute Gasteiger partial charge is 0.253 e. The molecule has 1 saturated carbocycles. The molecule has 0 radical (unpaired) electrons. The Morgan fingerprint density at radius 1 is 1.27 bits per heavy atom. The Bertz CT molecular complexity index is 304. The van der Waals surface area contributed by atoms with E-state index in [-0.39, 0.29) is 17.9 Å². The van der Waals surface area contributed by atoms with Gasteiger partial charge in [0, 0.05) is 18.2 Å². The Kier molecular flexibility index (Phi) is 2.63. The first kappa shape index (κ1) is 10.4. The van der Waals surface area contributed by atoms with Gasteiger partial charge in [-0.05, 0) is 24.7 Å². The fraction of sp³-hybridized carbons (Fsp3) is 0.667. The molecule has 82 valence electrons. The molecule has 1 fully saturated rings. The van der Waals surface area contributed by atoms with Crippen molar-refractivity contribution in [2.75, 3.05) is 0 Å². The van der Waals surface area contributed by atoms with Crippen molar-refractivity contribution in [1.82, 2.24) is 4.90 Å². The van der Waals surface area contributed by atoms with Crippen LogP contribution < -0.4 is 0 Å². The van der Waals surface area contributed by atoms with Crippen molar-refractivity contribution in [1.29, 1.82) is 0 Å². The number of carbonyl (C=O) groups is 2. The van der Waals surface area contributed by atoms with E-state index in [1.807, 2.05) is 0 Å². The van der Waals surface area contributed by atoms with E-state index in [1.165, 1.54) is 17.1 Å². The maximum Gasteiger partial charge on any atom is 0.253 e. The maximum absolute atomic E-state index is 11.5. The van der Waals surface area contributed by atoms with Gasteiger partial charge < -0.3 is 0 Å². The molecule has 3 nitrogen and oxygen atoms in total. The minimum atomic E-state index is -0.131. The van der Waals surface area contributed by atoms with E-state index in [0.29, 0.717) is 11.8 Å². The van der Waals surface area contributed by atoms with Crippen LogP contribution in [0, 0.1) is 11.8 Å². The molecule has 2 aliphatic rings. The summed E-state index contributed by atoms with van der Waals surface area (Å²) in [5.41, 5.74) is 0. The number of rotatable bonds is 2. The number of hydrogen-bond donors (Lipinski definition) is 0. The third kappa shape index (κ3) is 1.60. The summed E-state index contributed by atoms with van der Waals surface area (Å²) in [5, 5.41) is 0. The van der Waals surface area contributed by atoms with Crippen molar-refractivity contribution < 1.29 is 9.59 Å². The number of hydrogen-bond acceptors (Lipinski definition) is 2. The summed E-state index contributed by atoms with van der Waals surface area (Å²) in [5.74, 6) is 0.848. The van der Waals surface area contributed by atoms with Gasteiger partial charge in [0.1, 0.15) is 0 Å². The summed E-state index contributed by atoms with van der Waals surface area (Å²) in [7, 11) is 0. The third-order valence-electron chi connectivity index (χ3n) is 3.88. The molecule has 15 heavy (non-hydrogen) atoms. The van der Waals surface area contributed by atoms with E-state index in [4.69, 9.17) is 0 Å². The van der Waals surface area contributed by atoms with E-state index in [0.717, 1.165) is 19.3 Å². The first-order valence-corrected chi connectivity index (χ1v) is 5.70. The van der Waals surface area contributed by atoms with Gasteiger partial charge in [-0.3, -0.25) is 14.5 Å². The van der Waals surface area contributed by atoms with Crippen LogP contribution in [0.5, 0.6) is 0 Å². The Morgan fingerprint density at radius 2 is 1.87 bits per heavy atom. The zero-order valence-corrected chi connectivity index (χ0v) is 9.27. The highest BCUT2D eigenvalue weighted by molar-refractivity contribution is 6.13. The van der Waals surface area contributed by atoms with Gasteiger partial charge in [-0.15, -0.1) is 0 Å². The lowest BCUT2D eigenvalue weighted by Crippen LogP contribution is -2.42. The fourth-order valence-electron chi connectivity index (χ4n) is 2.90. The number of imide groups is 1. The normalized spacial score (nSPS) is 35.6. The molecule has 0 bridgehead atoms. The molecule has 0 saturated heterocycles. The molecule has 2 rings (SSSR count). The van der Waals surface area contributed by atoms with Gasteiger partial charge in [-0.1, -0.05) is 20.3 Å². The van der Waals surface area contributed by atoms with Crippen LogP contribution in [0.15, 0.2) is 12.2 Å². The number of amides is 2. The second kappa shape index (κ2) is 3.80. The molecule has 1 aliphatic carbocycles. The van der Waals surface area contributed by atoms with Crippen LogP contribution >= 0.6 is 0 Å². The quantitative estimate of drug-likeness (QED) is 0.647. The minimum Gasteiger partial charge on any atom is -0.272 e. The standard InChI is InChI=1S/C12H17NO2/c1-3-9-4-5-10(8(9)2)13-11(14)6-7-12(13)15/h6-10H,3-5H2,1-2H3. The van der Waals surface area contributed by atoms with Crippen LogP contribution in [0.2, 0.25) is 0 Å². The van der Waals surface area contributed by atoms with E-state index in [1.54, 1.807) is 0 Å². The highest BCUT2D eigenvalue weighted by Crippen LogP contribution is 2.37. The van der Waals surface area contributed by atoms with Crippen LogP contribution in [0.3, 0.4) is 0 Å². The summed E-state index contributed by atoms with van der Waals surface area (Å²) in [6, 6.07) is 0.130. The number of nitrogens with zero attached hydrogens (tertiary/aromatic N) is 1. The Labute approximate surface area is 90.1 Å². The lowest BCUT2D eigenvalue weighted by atomic mass is 9.93. The molecule has 0 N–H and O–H groups in total. The van der Waals surface area contributed by atoms with Crippen LogP contribution in [-0.2, 0) is 9.59 Å². The van der Waals surface area contributed by atoms with Crippen LogP contribution in [0.25, 0.3) is 0 Å². The molecular formula is C12H17NO2. The minimum absolute atomic E-state index is 0.130. The van der Waals surface area contributed by atoms with Gasteiger partial charge in [0.15, 0.2) is 0 Å². The van der Waals surface area contributed by atoms with Crippen LogP contribution in [-0.4, -0.2) is 22.8 Å². The van der Waals surface area contributed by atoms with E-state index in [2.05, 4.69) is 13.8 Å². The molecule has 1 heterocycles. The predicted octanol–water partition coefficient (Wildman–Crippen LogP) is 1.74. The molecule has 2 amide bonds. The second-order valence-electron chi connectivity index (χ2n) is 4.55. The topological polar surface area (TPSA) is 37.4 Å². The van der Waals surface area contributed by atoms with Gasteiger partial charge in [0.05, 0.1) is 0 Å². The van der Waals surface area contributed by atoms with Gasteiger partial charge in [0.25, 0.3) is 11.8 Å². The van der Waals surface area contributed by atoms with Gasteiger partial charge in [-0.25, -0.2) is 0 Å². The first-order chi connectivity index (χ1) is 7.15. The van der Waals surface area contributed by atoms with Gasteiger partial charge in [-0.2, -0.15) is 0 Å². The predicted molar refractivity (Wildman–Crippen MR) is 57.0 cm³/mol. The molecule has 3 unspecified atom stereocenters. The summed E-state index contributed by atoms with van der Waals surface area (Å²) in [6.07, 6.45) is 6.02. The van der Waals surface area contributed by atoms with Crippen LogP contribution in [0.1, 0.15) is 33.1 Å². The van der Waals surface area contributed by atoms with E-state index < -0.39 is 0 Å². The van der Waals surface area contributed by atoms with Crippen LogP contribution in [0.4, 0.5) is 0 Å². The average molecular weight is 207 g/mol. The molecule has 0 aromatic heterocycles. The zero-order valence-electron chi connectivity index (χ0n) is 9.27.